The molecule has 150 valence electrons. The molecule has 0 spiro atoms. The van der Waals surface area contributed by atoms with Crippen LogP contribution in [0.1, 0.15) is 17.3 Å². The van der Waals surface area contributed by atoms with E-state index in [-0.39, 0.29) is 0 Å². The van der Waals surface area contributed by atoms with Gasteiger partial charge in [-0.05, 0) is 19.1 Å². The maximum Gasteiger partial charge on any atom is 0.341 e. The number of fused-ring (bicyclic) bond motifs is 1. The number of ether oxygens (including phenoxy) is 1. The van der Waals surface area contributed by atoms with E-state index in [2.05, 4.69) is 19.9 Å². The van der Waals surface area contributed by atoms with Gasteiger partial charge >= 0.3 is 5.97 Å². The lowest BCUT2D eigenvalue weighted by molar-refractivity contribution is 0.0528. The fraction of sp³-hybridized carbons (Fsp3) is 0.118. The third-order valence-electron chi connectivity index (χ3n) is 3.33. The molecular formula is C17H12Cl3N5O2S2. The van der Waals surface area contributed by atoms with Gasteiger partial charge < -0.3 is 10.5 Å². The molecule has 0 amide bonds. The van der Waals surface area contributed by atoms with Crippen LogP contribution in [0.15, 0.2) is 30.7 Å². The third-order valence-corrected chi connectivity index (χ3v) is 5.87. The zero-order valence-electron chi connectivity index (χ0n) is 14.7. The van der Waals surface area contributed by atoms with Crippen LogP contribution in [0.2, 0.25) is 13.8 Å². The van der Waals surface area contributed by atoms with E-state index in [1.165, 1.54) is 28.7 Å². The van der Waals surface area contributed by atoms with Crippen LogP contribution in [0, 0.1) is 0 Å². The lowest BCUT2D eigenvalue weighted by Crippen LogP contribution is -2.05. The first-order chi connectivity index (χ1) is 13.9. The van der Waals surface area contributed by atoms with Gasteiger partial charge in [-0.3, -0.25) is 4.98 Å². The van der Waals surface area contributed by atoms with E-state index >= 15 is 0 Å². The number of thiophene rings is 2. The largest absolute Gasteiger partial charge is 0.462 e. The van der Waals surface area contributed by atoms with Crippen molar-refractivity contribution in [3.8, 4) is 11.5 Å². The predicted octanol–water partition coefficient (Wildman–Crippen LogP) is 5.62. The van der Waals surface area contributed by atoms with Crippen LogP contribution in [0.4, 0.5) is 5.00 Å². The lowest BCUT2D eigenvalue weighted by atomic mass is 10.3. The number of hydrogen-bond acceptors (Lipinski definition) is 9. The van der Waals surface area contributed by atoms with Gasteiger partial charge in [0.1, 0.15) is 20.7 Å². The molecule has 12 heteroatoms. The molecule has 4 aromatic rings. The minimum atomic E-state index is -0.418. The Morgan fingerprint density at radius 3 is 2.52 bits per heavy atom. The zero-order chi connectivity index (χ0) is 21.0. The van der Waals surface area contributed by atoms with Crippen LogP contribution >= 0.6 is 57.5 Å². The lowest BCUT2D eigenvalue weighted by Gasteiger charge is -1.99. The van der Waals surface area contributed by atoms with Gasteiger partial charge in [0.05, 0.1) is 32.4 Å². The Morgan fingerprint density at radius 1 is 1.14 bits per heavy atom. The fourth-order valence-corrected chi connectivity index (χ4v) is 4.49. The zero-order valence-corrected chi connectivity index (χ0v) is 18.6. The number of nitrogen functional groups attached to an aromatic ring is 1. The monoisotopic (exact) mass is 487 g/mol. The Bertz CT molecular complexity index is 1150. The van der Waals surface area contributed by atoms with Gasteiger partial charge in [-0.15, -0.1) is 22.7 Å². The molecule has 29 heavy (non-hydrogen) atoms. The summed E-state index contributed by atoms with van der Waals surface area (Å²) >= 11 is 20.2. The van der Waals surface area contributed by atoms with Crippen LogP contribution in [-0.4, -0.2) is 32.5 Å². The van der Waals surface area contributed by atoms with E-state index in [1.807, 2.05) is 0 Å². The van der Waals surface area contributed by atoms with E-state index in [9.17, 15) is 4.79 Å². The van der Waals surface area contributed by atoms with Gasteiger partial charge in [0.25, 0.3) is 0 Å². The number of anilines is 1. The Balaban J connectivity index is 0.000000177. The summed E-state index contributed by atoms with van der Waals surface area (Å²) in [5, 5.41) is 1.53. The van der Waals surface area contributed by atoms with Gasteiger partial charge in [-0.25, -0.2) is 19.7 Å². The van der Waals surface area contributed by atoms with Crippen molar-refractivity contribution in [2.24, 2.45) is 0 Å². The highest BCUT2D eigenvalue weighted by Gasteiger charge is 2.14. The van der Waals surface area contributed by atoms with Crippen molar-refractivity contribution in [3.05, 3.63) is 50.1 Å². The molecular weight excluding hydrogens is 477 g/mol. The fourth-order valence-electron chi connectivity index (χ4n) is 2.13. The molecule has 0 radical (unpaired) electrons. The molecule has 0 saturated carbocycles. The van der Waals surface area contributed by atoms with E-state index < -0.39 is 5.97 Å². The van der Waals surface area contributed by atoms with Crippen LogP contribution in [0.3, 0.4) is 0 Å². The summed E-state index contributed by atoms with van der Waals surface area (Å²) in [5.74, 6) is 0.0345. The number of rotatable bonds is 3. The molecule has 0 fully saturated rings. The first kappa shape index (κ1) is 21.7. The van der Waals surface area contributed by atoms with Crippen LogP contribution in [0.25, 0.3) is 21.7 Å². The van der Waals surface area contributed by atoms with Gasteiger partial charge in [0, 0.05) is 12.4 Å². The molecule has 7 nitrogen and oxygen atoms in total. The first-order valence-corrected chi connectivity index (χ1v) is 10.8. The van der Waals surface area contributed by atoms with E-state index in [0.29, 0.717) is 42.5 Å². The minimum Gasteiger partial charge on any atom is -0.462 e. The number of carbonyl (C=O) groups excluding carboxylic acids is 1. The summed E-state index contributed by atoms with van der Waals surface area (Å²) in [6.07, 6.45) is 4.76. The summed E-state index contributed by atoms with van der Waals surface area (Å²) in [6.45, 7) is 2.08. The number of nitrogens with zero attached hydrogens (tertiary/aromatic N) is 4. The van der Waals surface area contributed by atoms with E-state index in [4.69, 9.17) is 45.3 Å². The molecule has 4 heterocycles. The molecule has 2 N–H and O–H groups in total. The Morgan fingerprint density at radius 2 is 1.90 bits per heavy atom. The molecule has 0 atom stereocenters. The van der Waals surface area contributed by atoms with Crippen molar-refractivity contribution in [1.29, 1.82) is 0 Å². The number of carbonyl (C=O) groups is 1. The van der Waals surface area contributed by atoms with Gasteiger partial charge in [-0.1, -0.05) is 34.8 Å². The van der Waals surface area contributed by atoms with Crippen LogP contribution < -0.4 is 5.73 Å². The molecule has 0 aliphatic carbocycles. The maximum atomic E-state index is 11.1. The Kier molecular flexibility index (Phi) is 7.20. The Labute approximate surface area is 188 Å². The Hall–Kier alpha value is -2.04. The summed E-state index contributed by atoms with van der Waals surface area (Å²) in [5.41, 5.74) is 6.44. The van der Waals surface area contributed by atoms with Crippen LogP contribution in [0.5, 0.6) is 0 Å². The quantitative estimate of drug-likeness (QED) is 0.295. The smallest absolute Gasteiger partial charge is 0.341 e. The molecule has 0 bridgehead atoms. The summed E-state index contributed by atoms with van der Waals surface area (Å²) < 4.78 is 5.88. The molecule has 4 aromatic heterocycles. The topological polar surface area (TPSA) is 104 Å². The van der Waals surface area contributed by atoms with Crippen molar-refractivity contribution in [2.75, 3.05) is 12.3 Å². The highest BCUT2D eigenvalue weighted by Crippen LogP contribution is 2.33. The molecule has 0 unspecified atom stereocenters. The number of nitrogens with two attached hydrogens (primary N) is 1. The molecule has 0 aromatic carbocycles. The normalized spacial score (nSPS) is 10.5. The second kappa shape index (κ2) is 9.64. The van der Waals surface area contributed by atoms with Gasteiger partial charge in [0.2, 0.25) is 0 Å². The number of halogens is 3. The second-order valence-electron chi connectivity index (χ2n) is 5.25. The van der Waals surface area contributed by atoms with Crippen molar-refractivity contribution in [2.45, 2.75) is 6.92 Å². The molecule has 0 aliphatic rings. The highest BCUT2D eigenvalue weighted by atomic mass is 35.5. The standard InChI is InChI=1S/C10H4Cl2N4S.C7H8ClNO2S/c11-7-3-5-8(12)15-9(16-10(5)17-7)6-4-13-1-2-14-6;1-2-11-7(10)4-3-5(8)12-6(4)9/h1-4H;3H,2,9H2,1H3. The number of esters is 1. The summed E-state index contributed by atoms with van der Waals surface area (Å²) in [6, 6.07) is 3.27. The molecule has 0 saturated heterocycles. The molecule has 0 aliphatic heterocycles. The maximum absolute atomic E-state index is 11.1. The molecule has 4 rings (SSSR count). The van der Waals surface area contributed by atoms with Crippen molar-refractivity contribution < 1.29 is 9.53 Å². The first-order valence-electron chi connectivity index (χ1n) is 8.00. The third kappa shape index (κ3) is 5.31. The summed E-state index contributed by atoms with van der Waals surface area (Å²) in [7, 11) is 0. The highest BCUT2D eigenvalue weighted by molar-refractivity contribution is 7.22. The van der Waals surface area contributed by atoms with E-state index in [0.717, 1.165) is 10.2 Å². The van der Waals surface area contributed by atoms with Gasteiger partial charge in [-0.2, -0.15) is 0 Å². The van der Waals surface area contributed by atoms with Gasteiger partial charge in [0.15, 0.2) is 5.82 Å². The van der Waals surface area contributed by atoms with Crippen LogP contribution in [-0.2, 0) is 4.74 Å². The number of aromatic nitrogens is 4. The SMILES string of the molecule is CCOC(=O)c1cc(Cl)sc1N.Clc1cc2c(Cl)nc(-c3cnccn3)nc2s1. The average molecular weight is 489 g/mol. The summed E-state index contributed by atoms with van der Waals surface area (Å²) in [4.78, 5) is 28.5. The predicted molar refractivity (Wildman–Crippen MR) is 118 cm³/mol. The number of hydrogen-bond donors (Lipinski definition) is 1. The van der Waals surface area contributed by atoms with Crippen molar-refractivity contribution >= 4 is 78.7 Å². The average Bonchev–Trinajstić information content (AvgIpc) is 3.24. The van der Waals surface area contributed by atoms with E-state index in [1.54, 1.807) is 31.6 Å². The van der Waals surface area contributed by atoms with Crippen molar-refractivity contribution in [1.82, 2.24) is 19.9 Å². The second-order valence-corrected chi connectivity index (χ2v) is 8.98. The minimum absolute atomic E-state index is 0.339. The van der Waals surface area contributed by atoms with Crippen molar-refractivity contribution in [3.63, 3.8) is 0 Å².